The van der Waals surface area contributed by atoms with Crippen LogP contribution in [0.3, 0.4) is 0 Å². The van der Waals surface area contributed by atoms with E-state index in [0.717, 1.165) is 0 Å². The number of rotatable bonds is 2. The number of carbonyl (C=O) groups excluding carboxylic acids is 3. The summed E-state index contributed by atoms with van der Waals surface area (Å²) < 4.78 is 3.28. The minimum atomic E-state index is -1.67. The van der Waals surface area contributed by atoms with Gasteiger partial charge in [-0.05, 0) is 6.92 Å². The van der Waals surface area contributed by atoms with Gasteiger partial charge >= 0.3 is 5.97 Å². The van der Waals surface area contributed by atoms with Gasteiger partial charge in [0.25, 0.3) is 11.7 Å². The van der Waals surface area contributed by atoms with E-state index < -0.39 is 32.2 Å². The minimum absolute atomic E-state index is 0.147. The molecule has 5 nitrogen and oxygen atoms in total. The molecular formula is C10H10Cl3NO4S. The first kappa shape index (κ1) is 15.2. The molecule has 2 atom stereocenters. The second-order valence-corrected chi connectivity index (χ2v) is 8.30. The van der Waals surface area contributed by atoms with E-state index in [1.165, 1.54) is 16.7 Å². The van der Waals surface area contributed by atoms with Crippen LogP contribution >= 0.6 is 46.6 Å². The van der Waals surface area contributed by atoms with Gasteiger partial charge in [-0.1, -0.05) is 34.8 Å². The third-order valence-electron chi connectivity index (χ3n) is 2.92. The van der Waals surface area contributed by atoms with Crippen LogP contribution in [0.25, 0.3) is 0 Å². The second-order valence-electron chi connectivity index (χ2n) is 4.71. The molecule has 9 heteroatoms. The number of ketones is 1. The van der Waals surface area contributed by atoms with Gasteiger partial charge in [-0.25, -0.2) is 0 Å². The zero-order valence-corrected chi connectivity index (χ0v) is 12.9. The van der Waals surface area contributed by atoms with Crippen LogP contribution in [-0.2, 0) is 19.1 Å². The highest BCUT2D eigenvalue weighted by Crippen LogP contribution is 2.40. The van der Waals surface area contributed by atoms with Crippen LogP contribution in [0.2, 0.25) is 0 Å². The van der Waals surface area contributed by atoms with Crippen molar-refractivity contribution in [2.45, 2.75) is 16.1 Å². The lowest BCUT2D eigenvalue weighted by atomic mass is 9.90. The van der Waals surface area contributed by atoms with Crippen molar-refractivity contribution in [1.82, 2.24) is 4.90 Å². The Morgan fingerprint density at radius 3 is 2.74 bits per heavy atom. The van der Waals surface area contributed by atoms with Crippen LogP contribution in [-0.4, -0.2) is 50.6 Å². The zero-order chi connectivity index (χ0) is 14.4. The number of hydrogen-bond donors (Lipinski definition) is 0. The molecule has 19 heavy (non-hydrogen) atoms. The molecule has 0 bridgehead atoms. The average molecular weight is 347 g/mol. The number of thioether (sulfide) groups is 1. The third kappa shape index (κ3) is 2.96. The van der Waals surface area contributed by atoms with E-state index in [9.17, 15) is 14.4 Å². The molecule has 1 unspecified atom stereocenters. The van der Waals surface area contributed by atoms with E-state index in [0.29, 0.717) is 5.75 Å². The van der Waals surface area contributed by atoms with Crippen molar-refractivity contribution in [1.29, 1.82) is 0 Å². The van der Waals surface area contributed by atoms with Gasteiger partial charge in [0.1, 0.15) is 12.0 Å². The Bertz CT molecular complexity index is 453. The molecule has 0 aliphatic carbocycles. The molecule has 0 spiro atoms. The lowest BCUT2D eigenvalue weighted by Crippen LogP contribution is -2.66. The number of ether oxygens (including phenoxy) is 1. The molecule has 0 aromatic rings. The van der Waals surface area contributed by atoms with Crippen LogP contribution < -0.4 is 0 Å². The zero-order valence-electron chi connectivity index (χ0n) is 9.82. The first-order chi connectivity index (χ1) is 8.64. The molecule has 2 aliphatic heterocycles. The quantitative estimate of drug-likeness (QED) is 0.327. The molecule has 0 N–H and O–H groups in total. The fourth-order valence-corrected chi connectivity index (χ4v) is 3.38. The first-order valence-electron chi connectivity index (χ1n) is 5.34. The number of fused-ring (bicyclic) bond motifs is 1. The van der Waals surface area contributed by atoms with Crippen LogP contribution in [0, 0.1) is 5.41 Å². The number of β-lactam (4-membered cyclic amide) rings is 1. The number of alkyl halides is 3. The second kappa shape index (κ2) is 4.98. The first-order valence-corrected chi connectivity index (χ1v) is 7.53. The Hall–Kier alpha value is -0.170. The van der Waals surface area contributed by atoms with E-state index in [4.69, 9.17) is 39.5 Å². The summed E-state index contributed by atoms with van der Waals surface area (Å²) in [5.41, 5.74) is -0.895. The predicted molar refractivity (Wildman–Crippen MR) is 72.3 cm³/mol. The Morgan fingerprint density at radius 1 is 1.53 bits per heavy atom. The van der Waals surface area contributed by atoms with E-state index in [-0.39, 0.29) is 13.2 Å². The molecule has 2 fully saturated rings. The van der Waals surface area contributed by atoms with Gasteiger partial charge in [0.05, 0.1) is 5.41 Å². The molecule has 2 saturated heterocycles. The van der Waals surface area contributed by atoms with E-state index in [1.807, 2.05) is 0 Å². The van der Waals surface area contributed by atoms with Crippen molar-refractivity contribution in [2.75, 3.05) is 18.9 Å². The maximum absolute atomic E-state index is 12.0. The fraction of sp³-hybridized carbons (Fsp3) is 0.700. The standard InChI is InChI=1S/C10H10Cl3NO4S/c1-9(8(17)18-3-10(11,12)13)2-14-6(16)5(15)7(14)19-4-9/h7H,2-4H2,1H3/t7-,9?/m1/s1. The Balaban J connectivity index is 1.98. The van der Waals surface area contributed by atoms with E-state index >= 15 is 0 Å². The summed E-state index contributed by atoms with van der Waals surface area (Å²) >= 11 is 17.8. The molecule has 2 rings (SSSR count). The van der Waals surface area contributed by atoms with Gasteiger partial charge in [-0.2, -0.15) is 0 Å². The Kier molecular flexibility index (Phi) is 3.99. The number of nitrogens with zero attached hydrogens (tertiary/aromatic N) is 1. The number of halogens is 3. The molecule has 2 aliphatic rings. The van der Waals surface area contributed by atoms with Crippen LogP contribution in [0.5, 0.6) is 0 Å². The molecule has 0 radical (unpaired) electrons. The summed E-state index contributed by atoms with van der Waals surface area (Å²) in [7, 11) is 0. The fourth-order valence-electron chi connectivity index (χ4n) is 1.88. The highest BCUT2D eigenvalue weighted by Gasteiger charge is 2.55. The molecule has 0 aromatic carbocycles. The molecule has 106 valence electrons. The van der Waals surface area contributed by atoms with Crippen LogP contribution in [0.4, 0.5) is 0 Å². The topological polar surface area (TPSA) is 63.7 Å². The van der Waals surface area contributed by atoms with Crippen LogP contribution in [0.15, 0.2) is 0 Å². The Morgan fingerprint density at radius 2 is 2.16 bits per heavy atom. The summed E-state index contributed by atoms with van der Waals surface area (Å²) in [5, 5.41) is -0.457. The monoisotopic (exact) mass is 345 g/mol. The number of hydrogen-bond acceptors (Lipinski definition) is 5. The predicted octanol–water partition coefficient (Wildman–Crippen LogP) is 1.39. The normalized spacial score (nSPS) is 30.7. The summed E-state index contributed by atoms with van der Waals surface area (Å²) in [6.45, 7) is 1.45. The van der Waals surface area contributed by atoms with E-state index in [2.05, 4.69) is 0 Å². The van der Waals surface area contributed by atoms with Crippen molar-refractivity contribution >= 4 is 64.2 Å². The van der Waals surface area contributed by atoms with Gasteiger partial charge < -0.3 is 9.64 Å². The van der Waals surface area contributed by atoms with E-state index in [1.54, 1.807) is 6.92 Å². The smallest absolute Gasteiger partial charge is 0.314 e. The highest BCUT2D eigenvalue weighted by atomic mass is 35.6. The van der Waals surface area contributed by atoms with Crippen molar-refractivity contribution < 1.29 is 19.1 Å². The summed E-state index contributed by atoms with van der Waals surface area (Å²) in [6.07, 6.45) is 0. The van der Waals surface area contributed by atoms with Crippen molar-refractivity contribution in [3.8, 4) is 0 Å². The van der Waals surface area contributed by atoms with Gasteiger partial charge in [0.15, 0.2) is 0 Å². The molecule has 0 saturated carbocycles. The Labute approximate surface area is 128 Å². The number of Topliss-reactive ketones (excluding diaryl/α,β-unsaturated/α-hetero) is 1. The third-order valence-corrected chi connectivity index (χ3v) is 4.83. The largest absolute Gasteiger partial charge is 0.461 e. The number of amides is 1. The van der Waals surface area contributed by atoms with Gasteiger partial charge in [0.2, 0.25) is 3.79 Å². The maximum atomic E-state index is 12.0. The van der Waals surface area contributed by atoms with Crippen molar-refractivity contribution in [3.05, 3.63) is 0 Å². The van der Waals surface area contributed by atoms with Gasteiger partial charge in [-0.3, -0.25) is 14.4 Å². The maximum Gasteiger partial charge on any atom is 0.314 e. The minimum Gasteiger partial charge on any atom is -0.461 e. The average Bonchev–Trinajstić information content (AvgIpc) is 2.34. The molecule has 2 heterocycles. The number of esters is 1. The lowest BCUT2D eigenvalue weighted by Gasteiger charge is -2.47. The summed E-state index contributed by atoms with van der Waals surface area (Å²) in [4.78, 5) is 36.0. The van der Waals surface area contributed by atoms with Crippen LogP contribution in [0.1, 0.15) is 6.92 Å². The van der Waals surface area contributed by atoms with Gasteiger partial charge in [-0.15, -0.1) is 11.8 Å². The summed E-state index contributed by atoms with van der Waals surface area (Å²) in [5.74, 6) is -1.14. The highest BCUT2D eigenvalue weighted by molar-refractivity contribution is 8.01. The van der Waals surface area contributed by atoms with Gasteiger partial charge in [0, 0.05) is 12.3 Å². The lowest BCUT2D eigenvalue weighted by molar-refractivity contribution is -0.164. The molecule has 0 aromatic heterocycles. The SMILES string of the molecule is CC1(C(=O)OCC(Cl)(Cl)Cl)CS[C@@H]2C(=O)C(=O)N2C1. The number of carbonyl (C=O) groups is 3. The van der Waals surface area contributed by atoms with Crippen molar-refractivity contribution in [2.24, 2.45) is 5.41 Å². The summed E-state index contributed by atoms with van der Waals surface area (Å²) in [6, 6.07) is 0. The van der Waals surface area contributed by atoms with Crippen molar-refractivity contribution in [3.63, 3.8) is 0 Å². The molecular weight excluding hydrogens is 337 g/mol. The molecule has 1 amide bonds.